The van der Waals surface area contributed by atoms with Crippen LogP contribution in [0.2, 0.25) is 0 Å². The van der Waals surface area contributed by atoms with Crippen molar-refractivity contribution in [3.63, 3.8) is 0 Å². The van der Waals surface area contributed by atoms with Crippen LogP contribution < -0.4 is 4.72 Å². The van der Waals surface area contributed by atoms with Gasteiger partial charge in [-0.05, 0) is 18.9 Å². The Hall–Kier alpha value is -0.870. The Morgan fingerprint density at radius 1 is 1.36 bits per heavy atom. The summed E-state index contributed by atoms with van der Waals surface area (Å²) in [6, 6.07) is 8.06. The van der Waals surface area contributed by atoms with Crippen molar-refractivity contribution >= 4 is 10.0 Å². The van der Waals surface area contributed by atoms with Gasteiger partial charge in [-0.2, -0.15) is 0 Å². The zero-order valence-electron chi connectivity index (χ0n) is 8.45. The summed E-state index contributed by atoms with van der Waals surface area (Å²) in [4.78, 5) is 0. The lowest BCUT2D eigenvalue weighted by Crippen LogP contribution is -2.24. The maximum Gasteiger partial charge on any atom is 0.208 e. The molecule has 1 N–H and O–H groups in total. The molecular weight excluding hydrogens is 198 g/mol. The molecule has 1 aromatic carbocycles. The van der Waals surface area contributed by atoms with Gasteiger partial charge in [-0.3, -0.25) is 0 Å². The first kappa shape index (κ1) is 11.2. The van der Waals surface area contributed by atoms with Gasteiger partial charge < -0.3 is 0 Å². The van der Waals surface area contributed by atoms with Crippen LogP contribution in [0.1, 0.15) is 11.1 Å². The molecule has 3 nitrogen and oxygen atoms in total. The lowest BCUT2D eigenvalue weighted by molar-refractivity contribution is 0.588. The van der Waals surface area contributed by atoms with E-state index in [9.17, 15) is 8.42 Å². The van der Waals surface area contributed by atoms with Gasteiger partial charge in [-0.25, -0.2) is 13.1 Å². The highest BCUT2D eigenvalue weighted by Gasteiger charge is 1.99. The van der Waals surface area contributed by atoms with Crippen molar-refractivity contribution in [1.82, 2.24) is 4.72 Å². The average molecular weight is 213 g/mol. The Labute approximate surface area is 85.2 Å². The van der Waals surface area contributed by atoms with Gasteiger partial charge in [0.2, 0.25) is 10.0 Å². The first-order valence-electron chi connectivity index (χ1n) is 4.47. The molecule has 0 aliphatic carbocycles. The summed E-state index contributed by atoms with van der Waals surface area (Å²) in [6.07, 6.45) is 1.90. The topological polar surface area (TPSA) is 46.2 Å². The summed E-state index contributed by atoms with van der Waals surface area (Å²) in [5.41, 5.74) is 2.35. The molecular formula is C10H15NO2S. The number of benzene rings is 1. The third-order valence-electron chi connectivity index (χ3n) is 1.86. The monoisotopic (exact) mass is 213 g/mol. The highest BCUT2D eigenvalue weighted by Crippen LogP contribution is 2.03. The van der Waals surface area contributed by atoms with Gasteiger partial charge in [0.05, 0.1) is 6.26 Å². The summed E-state index contributed by atoms with van der Waals surface area (Å²) in [6.45, 7) is 2.48. The third kappa shape index (κ3) is 4.39. The number of sulfonamides is 1. The van der Waals surface area contributed by atoms with Crippen LogP contribution in [-0.4, -0.2) is 21.2 Å². The molecule has 14 heavy (non-hydrogen) atoms. The minimum atomic E-state index is -3.05. The van der Waals surface area contributed by atoms with E-state index in [4.69, 9.17) is 0 Å². The van der Waals surface area contributed by atoms with Crippen LogP contribution in [0.4, 0.5) is 0 Å². The molecule has 78 valence electrons. The van der Waals surface area contributed by atoms with Crippen LogP contribution in [0.3, 0.4) is 0 Å². The molecule has 0 bridgehead atoms. The molecule has 0 atom stereocenters. The maximum absolute atomic E-state index is 10.8. The quantitative estimate of drug-likeness (QED) is 0.813. The van der Waals surface area contributed by atoms with Crippen molar-refractivity contribution < 1.29 is 8.42 Å². The van der Waals surface area contributed by atoms with Crippen LogP contribution in [0.15, 0.2) is 24.3 Å². The summed E-state index contributed by atoms with van der Waals surface area (Å²) in [7, 11) is -3.05. The molecule has 0 spiro atoms. The molecule has 0 aromatic heterocycles. The zero-order chi connectivity index (χ0) is 10.6. The molecule has 0 saturated heterocycles. The number of nitrogens with one attached hydrogen (secondary N) is 1. The van der Waals surface area contributed by atoms with Crippen molar-refractivity contribution in [3.05, 3.63) is 35.4 Å². The maximum atomic E-state index is 10.8. The second-order valence-corrected chi connectivity index (χ2v) is 5.24. The standard InChI is InChI=1S/C10H15NO2S/c1-9-4-3-5-10(8-9)6-7-11-14(2,12)13/h3-5,8,11H,6-7H2,1-2H3. The first-order chi connectivity index (χ1) is 6.47. The van der Waals surface area contributed by atoms with Crippen molar-refractivity contribution in [1.29, 1.82) is 0 Å². The fourth-order valence-corrected chi connectivity index (χ4v) is 1.72. The van der Waals surface area contributed by atoms with Gasteiger partial charge in [0, 0.05) is 6.54 Å². The normalized spacial score (nSPS) is 11.6. The molecule has 4 heteroatoms. The third-order valence-corrected chi connectivity index (χ3v) is 2.59. The van der Waals surface area contributed by atoms with E-state index in [0.29, 0.717) is 6.54 Å². The summed E-state index contributed by atoms with van der Waals surface area (Å²) in [5, 5.41) is 0. The Balaban J connectivity index is 2.47. The number of hydrogen-bond acceptors (Lipinski definition) is 2. The van der Waals surface area contributed by atoms with E-state index in [1.807, 2.05) is 25.1 Å². The lowest BCUT2D eigenvalue weighted by Gasteiger charge is -2.03. The zero-order valence-corrected chi connectivity index (χ0v) is 9.26. The van der Waals surface area contributed by atoms with Gasteiger partial charge >= 0.3 is 0 Å². The second-order valence-electron chi connectivity index (χ2n) is 3.41. The van der Waals surface area contributed by atoms with Gasteiger partial charge in [0.25, 0.3) is 0 Å². The van der Waals surface area contributed by atoms with Crippen molar-refractivity contribution in [3.8, 4) is 0 Å². The molecule has 0 radical (unpaired) electrons. The molecule has 0 saturated carbocycles. The summed E-state index contributed by atoms with van der Waals surface area (Å²) in [5.74, 6) is 0. The Bertz CT molecular complexity index is 398. The molecule has 0 aliphatic rings. The van der Waals surface area contributed by atoms with E-state index in [2.05, 4.69) is 10.8 Å². The van der Waals surface area contributed by atoms with Crippen LogP contribution >= 0.6 is 0 Å². The summed E-state index contributed by atoms with van der Waals surface area (Å²) >= 11 is 0. The van der Waals surface area contributed by atoms with Crippen LogP contribution in [0.5, 0.6) is 0 Å². The van der Waals surface area contributed by atoms with Gasteiger partial charge in [0.15, 0.2) is 0 Å². The van der Waals surface area contributed by atoms with Crippen LogP contribution in [0.25, 0.3) is 0 Å². The van der Waals surface area contributed by atoms with Gasteiger partial charge in [0.1, 0.15) is 0 Å². The molecule has 0 unspecified atom stereocenters. The Morgan fingerprint density at radius 3 is 2.64 bits per heavy atom. The van der Waals surface area contributed by atoms with E-state index < -0.39 is 10.0 Å². The van der Waals surface area contributed by atoms with E-state index in [0.717, 1.165) is 12.0 Å². The fraction of sp³-hybridized carbons (Fsp3) is 0.400. The smallest absolute Gasteiger partial charge is 0.208 e. The van der Waals surface area contributed by atoms with E-state index in [1.54, 1.807) is 0 Å². The first-order valence-corrected chi connectivity index (χ1v) is 6.37. The second kappa shape index (κ2) is 4.57. The van der Waals surface area contributed by atoms with E-state index in [-0.39, 0.29) is 0 Å². The number of hydrogen-bond donors (Lipinski definition) is 1. The van der Waals surface area contributed by atoms with Crippen molar-refractivity contribution in [2.45, 2.75) is 13.3 Å². The van der Waals surface area contributed by atoms with E-state index >= 15 is 0 Å². The molecule has 0 amide bonds. The van der Waals surface area contributed by atoms with Gasteiger partial charge in [-0.15, -0.1) is 0 Å². The average Bonchev–Trinajstić information content (AvgIpc) is 2.01. The van der Waals surface area contributed by atoms with E-state index in [1.165, 1.54) is 11.8 Å². The lowest BCUT2D eigenvalue weighted by atomic mass is 10.1. The molecule has 0 heterocycles. The highest BCUT2D eigenvalue weighted by molar-refractivity contribution is 7.88. The Kier molecular flexibility index (Phi) is 3.66. The number of rotatable bonds is 4. The highest BCUT2D eigenvalue weighted by atomic mass is 32.2. The van der Waals surface area contributed by atoms with Crippen molar-refractivity contribution in [2.24, 2.45) is 0 Å². The summed E-state index contributed by atoms with van der Waals surface area (Å²) < 4.78 is 24.0. The minimum absolute atomic E-state index is 0.461. The molecule has 1 rings (SSSR count). The fourth-order valence-electron chi connectivity index (χ4n) is 1.25. The van der Waals surface area contributed by atoms with Crippen LogP contribution in [-0.2, 0) is 16.4 Å². The largest absolute Gasteiger partial charge is 0.215 e. The SMILES string of the molecule is Cc1cccc(CCNS(C)(=O)=O)c1. The molecule has 0 aliphatic heterocycles. The van der Waals surface area contributed by atoms with Crippen molar-refractivity contribution in [2.75, 3.05) is 12.8 Å². The Morgan fingerprint density at radius 2 is 2.07 bits per heavy atom. The molecule has 0 fully saturated rings. The predicted octanol–water partition coefficient (Wildman–Crippen LogP) is 1.09. The molecule has 1 aromatic rings. The van der Waals surface area contributed by atoms with Gasteiger partial charge in [-0.1, -0.05) is 29.8 Å². The minimum Gasteiger partial charge on any atom is -0.215 e. The van der Waals surface area contributed by atoms with Crippen LogP contribution in [0, 0.1) is 6.92 Å². The number of aryl methyl sites for hydroxylation is 1. The predicted molar refractivity (Wildman–Crippen MR) is 57.7 cm³/mol.